The van der Waals surface area contributed by atoms with Crippen LogP contribution in [0.4, 0.5) is 11.4 Å². The second-order valence-corrected chi connectivity index (χ2v) is 7.75. The molecular formula is C23H27N5O3. The molecule has 2 N–H and O–H groups in total. The fourth-order valence-electron chi connectivity index (χ4n) is 3.79. The first-order chi connectivity index (χ1) is 15.0. The highest BCUT2D eigenvalue weighted by Crippen LogP contribution is 2.19. The number of nitrogens with zero attached hydrogens (tertiary/aromatic N) is 3. The van der Waals surface area contributed by atoms with E-state index in [0.29, 0.717) is 17.4 Å². The van der Waals surface area contributed by atoms with Crippen LogP contribution in [0, 0.1) is 6.92 Å². The Morgan fingerprint density at radius 1 is 1.10 bits per heavy atom. The van der Waals surface area contributed by atoms with Gasteiger partial charge in [-0.1, -0.05) is 12.1 Å². The van der Waals surface area contributed by atoms with Crippen molar-refractivity contribution in [2.24, 2.45) is 4.99 Å². The lowest BCUT2D eigenvalue weighted by molar-refractivity contribution is -0.125. The van der Waals surface area contributed by atoms with Crippen molar-refractivity contribution < 1.29 is 14.3 Å². The molecule has 2 amide bonds. The SMILES string of the molecule is COc1ccc(NC(=O)C2CC(=O)NC(N3CCN(c4cccc(C)c4)CC3)=N2)cc1. The van der Waals surface area contributed by atoms with Crippen LogP contribution in [0.1, 0.15) is 12.0 Å². The monoisotopic (exact) mass is 421 g/mol. The summed E-state index contributed by atoms with van der Waals surface area (Å²) in [5.74, 6) is 0.701. The Balaban J connectivity index is 1.40. The predicted molar refractivity (Wildman–Crippen MR) is 121 cm³/mol. The molecule has 2 aromatic rings. The molecule has 4 rings (SSSR count). The van der Waals surface area contributed by atoms with E-state index in [1.165, 1.54) is 11.3 Å². The smallest absolute Gasteiger partial charge is 0.249 e. The maximum Gasteiger partial charge on any atom is 0.249 e. The Bertz CT molecular complexity index is 981. The van der Waals surface area contributed by atoms with Gasteiger partial charge in [0, 0.05) is 37.6 Å². The van der Waals surface area contributed by atoms with Gasteiger partial charge in [0.25, 0.3) is 0 Å². The van der Waals surface area contributed by atoms with Gasteiger partial charge in [0.05, 0.1) is 13.5 Å². The number of guanidine groups is 1. The van der Waals surface area contributed by atoms with Crippen molar-refractivity contribution in [3.05, 3.63) is 54.1 Å². The second kappa shape index (κ2) is 9.07. The third kappa shape index (κ3) is 4.96. The maximum atomic E-state index is 12.7. The van der Waals surface area contributed by atoms with Gasteiger partial charge in [-0.05, 0) is 48.9 Å². The van der Waals surface area contributed by atoms with Crippen LogP contribution in [0.5, 0.6) is 5.75 Å². The molecule has 0 aromatic heterocycles. The lowest BCUT2D eigenvalue weighted by atomic mass is 10.1. The minimum atomic E-state index is -0.749. The third-order valence-electron chi connectivity index (χ3n) is 5.51. The highest BCUT2D eigenvalue weighted by molar-refractivity contribution is 6.06. The summed E-state index contributed by atoms with van der Waals surface area (Å²) in [6.07, 6.45) is 0.0365. The Hall–Kier alpha value is -3.55. The molecule has 0 spiro atoms. The lowest BCUT2D eigenvalue weighted by Crippen LogP contribution is -2.56. The number of hydrogen-bond acceptors (Lipinski definition) is 6. The molecule has 1 saturated heterocycles. The number of piperazine rings is 1. The molecule has 162 valence electrons. The van der Waals surface area contributed by atoms with Gasteiger partial charge in [-0.15, -0.1) is 0 Å². The van der Waals surface area contributed by atoms with E-state index in [2.05, 4.69) is 51.7 Å². The van der Waals surface area contributed by atoms with Crippen LogP contribution in [0.3, 0.4) is 0 Å². The minimum absolute atomic E-state index is 0.0365. The van der Waals surface area contributed by atoms with Crippen LogP contribution in [-0.4, -0.2) is 62.0 Å². The first-order valence-corrected chi connectivity index (χ1v) is 10.4. The number of carbonyl (C=O) groups excluding carboxylic acids is 2. The molecule has 0 aliphatic carbocycles. The van der Waals surface area contributed by atoms with E-state index in [0.717, 1.165) is 26.2 Å². The molecule has 0 bridgehead atoms. The van der Waals surface area contributed by atoms with Crippen LogP contribution >= 0.6 is 0 Å². The standard InChI is InChI=1S/C23H27N5O3/c1-16-4-3-5-18(14-16)27-10-12-28(13-11-27)23-25-20(15-21(29)26-23)22(30)24-17-6-8-19(31-2)9-7-17/h3-9,14,20H,10-13,15H2,1-2H3,(H,24,30)(H,25,26,29). The number of aryl methyl sites for hydroxylation is 1. The number of amides is 2. The van der Waals surface area contributed by atoms with E-state index in [4.69, 9.17) is 4.74 Å². The Kier molecular flexibility index (Phi) is 6.06. The summed E-state index contributed by atoms with van der Waals surface area (Å²) in [6, 6.07) is 14.7. The number of benzene rings is 2. The average molecular weight is 422 g/mol. The normalized spacial score (nSPS) is 18.8. The van der Waals surface area contributed by atoms with Crippen LogP contribution in [0.15, 0.2) is 53.5 Å². The highest BCUT2D eigenvalue weighted by Gasteiger charge is 2.30. The topological polar surface area (TPSA) is 86.3 Å². The van der Waals surface area contributed by atoms with Crippen molar-refractivity contribution in [1.29, 1.82) is 0 Å². The van der Waals surface area contributed by atoms with E-state index in [1.54, 1.807) is 31.4 Å². The molecule has 2 aromatic carbocycles. The molecule has 0 radical (unpaired) electrons. The van der Waals surface area contributed by atoms with Gasteiger partial charge in [0.2, 0.25) is 17.8 Å². The third-order valence-corrected chi connectivity index (χ3v) is 5.51. The summed E-state index contributed by atoms with van der Waals surface area (Å²) in [7, 11) is 1.59. The van der Waals surface area contributed by atoms with Gasteiger partial charge < -0.3 is 19.9 Å². The zero-order chi connectivity index (χ0) is 21.8. The molecule has 8 heteroatoms. The number of aliphatic imine (C=N–C) groups is 1. The summed E-state index contributed by atoms with van der Waals surface area (Å²) in [5, 5.41) is 5.67. The Morgan fingerprint density at radius 3 is 2.48 bits per heavy atom. The fraction of sp³-hybridized carbons (Fsp3) is 0.348. The van der Waals surface area contributed by atoms with Crippen molar-refractivity contribution in [1.82, 2.24) is 10.2 Å². The first-order valence-electron chi connectivity index (χ1n) is 10.4. The average Bonchev–Trinajstić information content (AvgIpc) is 2.79. The van der Waals surface area contributed by atoms with Crippen molar-refractivity contribution in [3.8, 4) is 5.75 Å². The number of carbonyl (C=O) groups is 2. The quantitative estimate of drug-likeness (QED) is 0.789. The predicted octanol–water partition coefficient (Wildman–Crippen LogP) is 2.01. The summed E-state index contributed by atoms with van der Waals surface area (Å²) >= 11 is 0. The van der Waals surface area contributed by atoms with Gasteiger partial charge >= 0.3 is 0 Å². The van der Waals surface area contributed by atoms with Gasteiger partial charge in [0.15, 0.2) is 0 Å². The summed E-state index contributed by atoms with van der Waals surface area (Å²) in [5.41, 5.74) is 3.07. The van der Waals surface area contributed by atoms with Gasteiger partial charge in [0.1, 0.15) is 11.8 Å². The van der Waals surface area contributed by atoms with E-state index in [-0.39, 0.29) is 18.2 Å². The summed E-state index contributed by atoms with van der Waals surface area (Å²) < 4.78 is 5.13. The molecule has 2 heterocycles. The molecule has 1 unspecified atom stereocenters. The largest absolute Gasteiger partial charge is 0.497 e. The molecule has 0 saturated carbocycles. The van der Waals surface area contributed by atoms with Crippen LogP contribution in [0.2, 0.25) is 0 Å². The molecule has 8 nitrogen and oxygen atoms in total. The number of hydrogen-bond donors (Lipinski definition) is 2. The zero-order valence-electron chi connectivity index (χ0n) is 17.8. The number of ether oxygens (including phenoxy) is 1. The minimum Gasteiger partial charge on any atom is -0.497 e. The van der Waals surface area contributed by atoms with E-state index >= 15 is 0 Å². The molecule has 2 aliphatic heterocycles. The van der Waals surface area contributed by atoms with E-state index < -0.39 is 6.04 Å². The first kappa shape index (κ1) is 20.7. The molecule has 2 aliphatic rings. The molecule has 31 heavy (non-hydrogen) atoms. The van der Waals surface area contributed by atoms with E-state index in [9.17, 15) is 9.59 Å². The van der Waals surface area contributed by atoms with Gasteiger partial charge in [-0.25, -0.2) is 4.99 Å². The van der Waals surface area contributed by atoms with Crippen LogP contribution in [0.25, 0.3) is 0 Å². The number of nitrogens with one attached hydrogen (secondary N) is 2. The summed E-state index contributed by atoms with van der Waals surface area (Å²) in [4.78, 5) is 33.9. The molecular weight excluding hydrogens is 394 g/mol. The number of methoxy groups -OCH3 is 1. The van der Waals surface area contributed by atoms with E-state index in [1.807, 2.05) is 4.90 Å². The Morgan fingerprint density at radius 2 is 1.81 bits per heavy atom. The highest BCUT2D eigenvalue weighted by atomic mass is 16.5. The number of rotatable bonds is 4. The fourth-order valence-corrected chi connectivity index (χ4v) is 3.79. The van der Waals surface area contributed by atoms with Crippen molar-refractivity contribution in [2.45, 2.75) is 19.4 Å². The van der Waals surface area contributed by atoms with Crippen LogP contribution < -0.4 is 20.3 Å². The molecule has 1 atom stereocenters. The molecule has 1 fully saturated rings. The lowest BCUT2D eigenvalue weighted by Gasteiger charge is -2.38. The van der Waals surface area contributed by atoms with Crippen molar-refractivity contribution >= 4 is 29.1 Å². The van der Waals surface area contributed by atoms with Gasteiger partial charge in [-0.2, -0.15) is 0 Å². The Labute approximate surface area is 181 Å². The second-order valence-electron chi connectivity index (χ2n) is 7.75. The zero-order valence-corrected chi connectivity index (χ0v) is 17.8. The number of anilines is 2. The van der Waals surface area contributed by atoms with Crippen LogP contribution in [-0.2, 0) is 9.59 Å². The maximum absolute atomic E-state index is 12.7. The van der Waals surface area contributed by atoms with Crippen molar-refractivity contribution in [2.75, 3.05) is 43.5 Å². The van der Waals surface area contributed by atoms with Gasteiger partial charge in [-0.3, -0.25) is 14.9 Å². The summed E-state index contributed by atoms with van der Waals surface area (Å²) in [6.45, 7) is 5.17. The van der Waals surface area contributed by atoms with Crippen molar-refractivity contribution in [3.63, 3.8) is 0 Å².